The molecule has 0 bridgehead atoms. The van der Waals surface area contributed by atoms with Crippen molar-refractivity contribution in [3.8, 4) is 11.3 Å². The molecule has 3 heterocycles. The van der Waals surface area contributed by atoms with Crippen molar-refractivity contribution in [1.29, 1.82) is 0 Å². The molecule has 3 aromatic rings. The Kier molecular flexibility index (Phi) is 5.50. The highest BCUT2D eigenvalue weighted by atomic mass is 16.5. The van der Waals surface area contributed by atoms with Gasteiger partial charge in [0.1, 0.15) is 11.5 Å². The molecule has 0 fully saturated rings. The second-order valence-electron chi connectivity index (χ2n) is 6.92. The molecule has 4 rings (SSSR count). The average molecular weight is 420 g/mol. The maximum absolute atomic E-state index is 13.1. The zero-order chi connectivity index (χ0) is 22.0. The lowest BCUT2D eigenvalue weighted by molar-refractivity contribution is -0.114. The van der Waals surface area contributed by atoms with Gasteiger partial charge in [-0.25, -0.2) is 4.79 Å². The van der Waals surface area contributed by atoms with E-state index in [0.29, 0.717) is 41.5 Å². The molecule has 1 N–H and O–H groups in total. The summed E-state index contributed by atoms with van der Waals surface area (Å²) in [7, 11) is 3.39. The van der Waals surface area contributed by atoms with E-state index in [1.54, 1.807) is 42.3 Å². The van der Waals surface area contributed by atoms with Crippen LogP contribution in [0.4, 0.5) is 5.69 Å². The molecule has 9 nitrogen and oxygen atoms in total. The van der Waals surface area contributed by atoms with Gasteiger partial charge in [-0.15, -0.1) is 0 Å². The predicted octanol–water partition coefficient (Wildman–Crippen LogP) is 3.20. The number of carbonyl (C=O) groups excluding carboxylic acids is 1. The lowest BCUT2D eigenvalue weighted by Crippen LogP contribution is -2.21. The molecular formula is C22H20N4O5. The van der Waals surface area contributed by atoms with Crippen LogP contribution in [0.1, 0.15) is 22.5 Å². The number of hydrazone groups is 1. The zero-order valence-corrected chi connectivity index (χ0v) is 17.0. The summed E-state index contributed by atoms with van der Waals surface area (Å²) < 4.78 is 12.7. The zero-order valence-electron chi connectivity index (χ0n) is 17.0. The Morgan fingerprint density at radius 1 is 1.29 bits per heavy atom. The van der Waals surface area contributed by atoms with Gasteiger partial charge in [0.15, 0.2) is 0 Å². The van der Waals surface area contributed by atoms with Gasteiger partial charge in [0.05, 0.1) is 40.9 Å². The highest BCUT2D eigenvalue weighted by Gasteiger charge is 2.31. The van der Waals surface area contributed by atoms with Crippen molar-refractivity contribution in [2.75, 3.05) is 18.7 Å². The Morgan fingerprint density at radius 2 is 2.13 bits per heavy atom. The van der Waals surface area contributed by atoms with Crippen LogP contribution in [0, 0.1) is 0 Å². The van der Waals surface area contributed by atoms with Gasteiger partial charge in [0.2, 0.25) is 0 Å². The van der Waals surface area contributed by atoms with E-state index in [1.165, 1.54) is 17.1 Å². The van der Waals surface area contributed by atoms with Crippen LogP contribution < -0.4 is 5.01 Å². The summed E-state index contributed by atoms with van der Waals surface area (Å²) in [5.74, 6) is -0.320. The van der Waals surface area contributed by atoms with Crippen molar-refractivity contribution in [3.63, 3.8) is 0 Å². The van der Waals surface area contributed by atoms with E-state index < -0.39 is 5.97 Å². The summed E-state index contributed by atoms with van der Waals surface area (Å²) in [5, 5.41) is 19.0. The third-order valence-electron chi connectivity index (χ3n) is 4.74. The highest BCUT2D eigenvalue weighted by molar-refractivity contribution is 6.32. The van der Waals surface area contributed by atoms with E-state index in [9.17, 15) is 14.7 Å². The first-order valence-corrected chi connectivity index (χ1v) is 9.51. The number of anilines is 1. The summed E-state index contributed by atoms with van der Waals surface area (Å²) in [5.41, 5.74) is 2.17. The third-order valence-corrected chi connectivity index (χ3v) is 4.74. The van der Waals surface area contributed by atoms with Gasteiger partial charge in [0.25, 0.3) is 5.91 Å². The standard InChI is InChI=1S/C22H20N4O5/c1-25-13-15(12-23-25)20-7-6-17(31-20)11-18-19(8-9-30-2)24-26(21(18)27)16-5-3-4-14(10-16)22(28)29/h3-7,10-13H,8-9H2,1-2H3,(H,28,29)/b18-11-. The van der Waals surface area contributed by atoms with Crippen LogP contribution in [0.15, 0.2) is 63.9 Å². The van der Waals surface area contributed by atoms with E-state index >= 15 is 0 Å². The van der Waals surface area contributed by atoms with E-state index in [4.69, 9.17) is 9.15 Å². The summed E-state index contributed by atoms with van der Waals surface area (Å²) >= 11 is 0. The predicted molar refractivity (Wildman–Crippen MR) is 114 cm³/mol. The topological polar surface area (TPSA) is 110 Å². The molecule has 0 saturated heterocycles. The number of amides is 1. The van der Waals surface area contributed by atoms with Crippen molar-refractivity contribution >= 4 is 29.4 Å². The van der Waals surface area contributed by atoms with Gasteiger partial charge in [-0.05, 0) is 36.4 Å². The van der Waals surface area contributed by atoms with Gasteiger partial charge in [-0.2, -0.15) is 15.2 Å². The summed E-state index contributed by atoms with van der Waals surface area (Å²) in [6, 6.07) is 9.66. The first kappa shape index (κ1) is 20.3. The molecule has 1 aliphatic rings. The number of aryl methyl sites for hydroxylation is 1. The number of aromatic nitrogens is 2. The van der Waals surface area contributed by atoms with Crippen molar-refractivity contribution in [1.82, 2.24) is 9.78 Å². The van der Waals surface area contributed by atoms with Crippen molar-refractivity contribution < 1.29 is 23.8 Å². The molecule has 0 radical (unpaired) electrons. The number of methoxy groups -OCH3 is 1. The van der Waals surface area contributed by atoms with Crippen LogP contribution in [-0.2, 0) is 16.6 Å². The second kappa shape index (κ2) is 8.41. The normalized spacial score (nSPS) is 15.0. The molecule has 31 heavy (non-hydrogen) atoms. The second-order valence-corrected chi connectivity index (χ2v) is 6.92. The van der Waals surface area contributed by atoms with Crippen LogP contribution in [0.3, 0.4) is 0 Å². The van der Waals surface area contributed by atoms with Crippen LogP contribution in [-0.4, -0.2) is 46.2 Å². The number of carboxylic acids is 1. The van der Waals surface area contributed by atoms with E-state index in [-0.39, 0.29) is 11.5 Å². The minimum Gasteiger partial charge on any atom is -0.478 e. The number of carboxylic acid groups (broad SMARTS) is 1. The van der Waals surface area contributed by atoms with Crippen molar-refractivity contribution in [2.45, 2.75) is 6.42 Å². The molecule has 1 aromatic carbocycles. The molecular weight excluding hydrogens is 400 g/mol. The molecule has 0 atom stereocenters. The molecule has 1 amide bonds. The number of rotatable bonds is 7. The minimum absolute atomic E-state index is 0.0727. The quantitative estimate of drug-likeness (QED) is 0.588. The van der Waals surface area contributed by atoms with Crippen LogP contribution >= 0.6 is 0 Å². The molecule has 0 saturated carbocycles. The monoisotopic (exact) mass is 420 g/mol. The smallest absolute Gasteiger partial charge is 0.335 e. The third kappa shape index (κ3) is 4.17. The number of aromatic carboxylic acids is 1. The first-order chi connectivity index (χ1) is 15.0. The molecule has 1 aliphatic heterocycles. The van der Waals surface area contributed by atoms with Crippen LogP contribution in [0.5, 0.6) is 0 Å². The number of ether oxygens (including phenoxy) is 1. The van der Waals surface area contributed by atoms with E-state index in [0.717, 1.165) is 5.56 Å². The fraction of sp³-hybridized carbons (Fsp3) is 0.182. The highest BCUT2D eigenvalue weighted by Crippen LogP contribution is 2.29. The Labute approximate surface area is 177 Å². The summed E-state index contributed by atoms with van der Waals surface area (Å²) in [6.07, 6.45) is 5.58. The minimum atomic E-state index is -1.08. The molecule has 158 valence electrons. The van der Waals surface area contributed by atoms with Gasteiger partial charge in [0, 0.05) is 26.8 Å². The Morgan fingerprint density at radius 3 is 2.84 bits per heavy atom. The average Bonchev–Trinajstić information content (AvgIpc) is 3.47. The van der Waals surface area contributed by atoms with Gasteiger partial charge in [-0.3, -0.25) is 9.48 Å². The Bertz CT molecular complexity index is 1200. The lowest BCUT2D eigenvalue weighted by atomic mass is 10.1. The molecule has 0 aliphatic carbocycles. The molecule has 2 aromatic heterocycles. The maximum Gasteiger partial charge on any atom is 0.335 e. The fourth-order valence-electron chi connectivity index (χ4n) is 3.21. The van der Waals surface area contributed by atoms with Gasteiger partial charge < -0.3 is 14.3 Å². The van der Waals surface area contributed by atoms with Crippen molar-refractivity contribution in [3.05, 3.63) is 65.7 Å². The number of carbonyl (C=O) groups is 2. The van der Waals surface area contributed by atoms with E-state index in [1.807, 2.05) is 19.3 Å². The van der Waals surface area contributed by atoms with Crippen molar-refractivity contribution in [2.24, 2.45) is 12.1 Å². The number of nitrogens with zero attached hydrogens (tertiary/aromatic N) is 4. The Balaban J connectivity index is 1.67. The Hall–Kier alpha value is -3.98. The SMILES string of the molecule is COCCC1=NN(c2cccc(C(=O)O)c2)C(=O)/C1=C\c1ccc(-c2cnn(C)c2)o1. The van der Waals surface area contributed by atoms with E-state index in [2.05, 4.69) is 10.2 Å². The van der Waals surface area contributed by atoms with Gasteiger partial charge >= 0.3 is 5.97 Å². The molecule has 0 spiro atoms. The van der Waals surface area contributed by atoms with Crippen LogP contribution in [0.25, 0.3) is 17.4 Å². The molecule has 0 unspecified atom stereocenters. The number of benzene rings is 1. The number of furan rings is 1. The maximum atomic E-state index is 13.1. The number of hydrogen-bond donors (Lipinski definition) is 1. The van der Waals surface area contributed by atoms with Gasteiger partial charge in [-0.1, -0.05) is 6.07 Å². The molecule has 9 heteroatoms. The fourth-order valence-corrected chi connectivity index (χ4v) is 3.21. The number of hydrogen-bond acceptors (Lipinski definition) is 6. The summed E-state index contributed by atoms with van der Waals surface area (Å²) in [4.78, 5) is 24.4. The lowest BCUT2D eigenvalue weighted by Gasteiger charge is -2.12. The largest absolute Gasteiger partial charge is 0.478 e. The first-order valence-electron chi connectivity index (χ1n) is 9.51. The van der Waals surface area contributed by atoms with Crippen LogP contribution in [0.2, 0.25) is 0 Å². The summed E-state index contributed by atoms with van der Waals surface area (Å²) in [6.45, 7) is 0.381.